The van der Waals surface area contributed by atoms with Crippen molar-refractivity contribution in [3.05, 3.63) is 62.9 Å². The molecule has 31 heavy (non-hydrogen) atoms. The van der Waals surface area contributed by atoms with Gasteiger partial charge in [-0.3, -0.25) is 9.59 Å². The van der Waals surface area contributed by atoms with E-state index in [4.69, 9.17) is 37.4 Å². The van der Waals surface area contributed by atoms with E-state index in [9.17, 15) is 9.59 Å². The third kappa shape index (κ3) is 4.92. The number of carbonyl (C=O) groups excluding carboxylic acids is 1. The highest BCUT2D eigenvalue weighted by atomic mass is 35.5. The highest BCUT2D eigenvalue weighted by molar-refractivity contribution is 6.43. The molecule has 0 aliphatic carbocycles. The van der Waals surface area contributed by atoms with Crippen molar-refractivity contribution in [2.45, 2.75) is 6.54 Å². The van der Waals surface area contributed by atoms with Gasteiger partial charge in [0.1, 0.15) is 6.54 Å². The summed E-state index contributed by atoms with van der Waals surface area (Å²) >= 11 is 12.1. The van der Waals surface area contributed by atoms with Crippen LogP contribution in [0.5, 0.6) is 17.2 Å². The first-order chi connectivity index (χ1) is 14.9. The lowest BCUT2D eigenvalue weighted by atomic mass is 10.1. The minimum absolute atomic E-state index is 0.212. The first-order valence-corrected chi connectivity index (χ1v) is 9.76. The number of anilines is 1. The fourth-order valence-electron chi connectivity index (χ4n) is 2.87. The number of aromatic nitrogens is 2. The Kier molecular flexibility index (Phi) is 7.04. The number of hydrogen-bond donors (Lipinski definition) is 1. The molecule has 1 aromatic heterocycles. The van der Waals surface area contributed by atoms with Crippen LogP contribution < -0.4 is 25.1 Å². The van der Waals surface area contributed by atoms with Gasteiger partial charge in [0.25, 0.3) is 5.56 Å². The Labute approximate surface area is 188 Å². The van der Waals surface area contributed by atoms with E-state index in [2.05, 4.69) is 10.4 Å². The fraction of sp³-hybridized carbons (Fsp3) is 0.190. The van der Waals surface area contributed by atoms with Crippen LogP contribution in [0.15, 0.2) is 47.3 Å². The predicted molar refractivity (Wildman–Crippen MR) is 119 cm³/mol. The van der Waals surface area contributed by atoms with Gasteiger partial charge in [0.05, 0.1) is 42.8 Å². The summed E-state index contributed by atoms with van der Waals surface area (Å²) in [4.78, 5) is 24.7. The molecule has 0 fully saturated rings. The number of methoxy groups -OCH3 is 3. The summed E-state index contributed by atoms with van der Waals surface area (Å²) in [6, 6.07) is 11.1. The van der Waals surface area contributed by atoms with Gasteiger partial charge in [0.15, 0.2) is 11.5 Å². The molecule has 2 aromatic carbocycles. The highest BCUT2D eigenvalue weighted by Gasteiger charge is 2.16. The molecule has 3 aromatic rings. The molecule has 0 saturated carbocycles. The number of ether oxygens (including phenoxy) is 3. The molecule has 0 spiro atoms. The van der Waals surface area contributed by atoms with Gasteiger partial charge in [-0.15, -0.1) is 0 Å². The van der Waals surface area contributed by atoms with Crippen molar-refractivity contribution in [2.75, 3.05) is 26.6 Å². The van der Waals surface area contributed by atoms with Crippen molar-refractivity contribution in [3.8, 4) is 28.5 Å². The molecular formula is C21H19Cl2N3O5. The van der Waals surface area contributed by atoms with Crippen molar-refractivity contribution in [1.29, 1.82) is 0 Å². The van der Waals surface area contributed by atoms with E-state index in [0.29, 0.717) is 39.2 Å². The number of benzene rings is 2. The zero-order chi connectivity index (χ0) is 22.5. The first kappa shape index (κ1) is 22.5. The Morgan fingerprint density at radius 2 is 1.71 bits per heavy atom. The zero-order valence-corrected chi connectivity index (χ0v) is 18.5. The molecule has 0 atom stereocenters. The number of hydrogen-bond acceptors (Lipinski definition) is 6. The third-order valence-electron chi connectivity index (χ3n) is 4.35. The van der Waals surface area contributed by atoms with E-state index in [1.54, 1.807) is 36.4 Å². The quantitative estimate of drug-likeness (QED) is 0.571. The van der Waals surface area contributed by atoms with E-state index < -0.39 is 11.5 Å². The fourth-order valence-corrected chi connectivity index (χ4v) is 3.22. The topological polar surface area (TPSA) is 91.7 Å². The summed E-state index contributed by atoms with van der Waals surface area (Å²) in [7, 11) is 4.50. The van der Waals surface area contributed by atoms with Crippen LogP contribution in [0, 0.1) is 0 Å². The summed E-state index contributed by atoms with van der Waals surface area (Å²) in [5.41, 5.74) is 0.950. The molecular weight excluding hydrogens is 445 g/mol. The van der Waals surface area contributed by atoms with Crippen molar-refractivity contribution in [3.63, 3.8) is 0 Å². The lowest BCUT2D eigenvalue weighted by Crippen LogP contribution is -2.29. The maximum absolute atomic E-state index is 12.5. The van der Waals surface area contributed by atoms with Crippen molar-refractivity contribution >= 4 is 34.8 Å². The zero-order valence-electron chi connectivity index (χ0n) is 16.9. The number of nitrogens with zero attached hydrogens (tertiary/aromatic N) is 2. The summed E-state index contributed by atoms with van der Waals surface area (Å²) in [5.74, 6) is 0.815. The minimum Gasteiger partial charge on any atom is -0.493 e. The number of halogens is 2. The van der Waals surface area contributed by atoms with Gasteiger partial charge in [-0.25, -0.2) is 4.68 Å². The number of nitrogens with one attached hydrogen (secondary N) is 1. The number of rotatable bonds is 7. The van der Waals surface area contributed by atoms with Crippen LogP contribution in [0.3, 0.4) is 0 Å². The molecule has 0 bridgehead atoms. The van der Waals surface area contributed by atoms with Gasteiger partial charge in [0, 0.05) is 11.6 Å². The van der Waals surface area contributed by atoms with Crippen molar-refractivity contribution in [1.82, 2.24) is 9.78 Å². The monoisotopic (exact) mass is 463 g/mol. The summed E-state index contributed by atoms with van der Waals surface area (Å²) < 4.78 is 17.1. The summed E-state index contributed by atoms with van der Waals surface area (Å²) in [6.45, 7) is -0.320. The third-order valence-corrected chi connectivity index (χ3v) is 5.17. The molecule has 0 saturated heterocycles. The summed E-state index contributed by atoms with van der Waals surface area (Å²) in [5, 5.41) is 7.45. The van der Waals surface area contributed by atoms with Gasteiger partial charge < -0.3 is 19.5 Å². The SMILES string of the molecule is COc1cc(-c2ccc(=O)n(CC(=O)Nc3cccc(Cl)c3Cl)n2)cc(OC)c1OC. The molecule has 10 heteroatoms. The Morgan fingerprint density at radius 3 is 2.32 bits per heavy atom. The van der Waals surface area contributed by atoms with Crippen LogP contribution in [-0.4, -0.2) is 37.0 Å². The molecule has 0 aliphatic heterocycles. The molecule has 1 amide bonds. The average molecular weight is 464 g/mol. The van der Waals surface area contributed by atoms with Gasteiger partial charge in [0.2, 0.25) is 11.7 Å². The van der Waals surface area contributed by atoms with E-state index in [-0.39, 0.29) is 11.6 Å². The molecule has 3 rings (SSSR count). The van der Waals surface area contributed by atoms with Gasteiger partial charge >= 0.3 is 0 Å². The molecule has 1 N–H and O–H groups in total. The highest BCUT2D eigenvalue weighted by Crippen LogP contribution is 2.40. The maximum Gasteiger partial charge on any atom is 0.267 e. The lowest BCUT2D eigenvalue weighted by Gasteiger charge is -2.14. The molecule has 0 aliphatic rings. The van der Waals surface area contributed by atoms with Gasteiger partial charge in [-0.1, -0.05) is 29.3 Å². The second kappa shape index (κ2) is 9.72. The number of carbonyl (C=O) groups is 1. The minimum atomic E-state index is -0.485. The maximum atomic E-state index is 12.5. The predicted octanol–water partition coefficient (Wildman–Crippen LogP) is 3.88. The van der Waals surface area contributed by atoms with Crippen LogP contribution >= 0.6 is 23.2 Å². The smallest absolute Gasteiger partial charge is 0.267 e. The van der Waals surface area contributed by atoms with Crippen LogP contribution in [0.2, 0.25) is 10.0 Å². The van der Waals surface area contributed by atoms with E-state index in [0.717, 1.165) is 4.68 Å². The van der Waals surface area contributed by atoms with Gasteiger partial charge in [-0.2, -0.15) is 5.10 Å². The molecule has 8 nitrogen and oxygen atoms in total. The van der Waals surface area contributed by atoms with Gasteiger partial charge in [-0.05, 0) is 30.3 Å². The van der Waals surface area contributed by atoms with Crippen molar-refractivity contribution in [2.24, 2.45) is 0 Å². The molecule has 162 valence electrons. The average Bonchev–Trinajstić information content (AvgIpc) is 2.77. The van der Waals surface area contributed by atoms with Crippen molar-refractivity contribution < 1.29 is 19.0 Å². The van der Waals surface area contributed by atoms with E-state index in [1.165, 1.54) is 27.4 Å². The second-order valence-corrected chi connectivity index (χ2v) is 7.06. The normalized spacial score (nSPS) is 10.5. The molecule has 0 radical (unpaired) electrons. The largest absolute Gasteiger partial charge is 0.493 e. The Morgan fingerprint density at radius 1 is 1.03 bits per heavy atom. The Bertz CT molecular complexity index is 1150. The van der Waals surface area contributed by atoms with Crippen LogP contribution in [0.4, 0.5) is 5.69 Å². The molecule has 0 unspecified atom stereocenters. The Balaban J connectivity index is 1.91. The lowest BCUT2D eigenvalue weighted by molar-refractivity contribution is -0.117. The standard InChI is InChI=1S/C21H19Cl2N3O5/c1-29-16-9-12(10-17(30-2)21(16)31-3)14-7-8-19(28)26(25-14)11-18(27)24-15-6-4-5-13(22)20(15)23/h4-10H,11H2,1-3H3,(H,24,27). The second-order valence-electron chi connectivity index (χ2n) is 6.28. The van der Waals surface area contributed by atoms with E-state index in [1.807, 2.05) is 0 Å². The Hall–Kier alpha value is -3.23. The van der Waals surface area contributed by atoms with Crippen LogP contribution in [0.1, 0.15) is 0 Å². The van der Waals surface area contributed by atoms with Crippen LogP contribution in [-0.2, 0) is 11.3 Å². The summed E-state index contributed by atoms with van der Waals surface area (Å²) in [6.07, 6.45) is 0. The number of amides is 1. The first-order valence-electron chi connectivity index (χ1n) is 9.00. The van der Waals surface area contributed by atoms with Crippen LogP contribution in [0.25, 0.3) is 11.3 Å². The molecule has 1 heterocycles. The van der Waals surface area contributed by atoms with E-state index >= 15 is 0 Å².